The highest BCUT2D eigenvalue weighted by Gasteiger charge is 2.44. The Morgan fingerprint density at radius 3 is 2.58 bits per heavy atom. The lowest BCUT2D eigenvalue weighted by Crippen LogP contribution is -2.35. The molecule has 1 fully saturated rings. The van der Waals surface area contributed by atoms with Gasteiger partial charge in [-0.05, 0) is 17.5 Å². The van der Waals surface area contributed by atoms with Crippen LogP contribution in [0.1, 0.15) is 0 Å². The van der Waals surface area contributed by atoms with Crippen molar-refractivity contribution in [3.05, 3.63) is 40.4 Å². The molecule has 1 saturated heterocycles. The zero-order valence-corrected chi connectivity index (χ0v) is 12.3. The molecule has 2 aromatic rings. The van der Waals surface area contributed by atoms with E-state index >= 15 is 0 Å². The zero-order chi connectivity index (χ0) is 17.4. The quantitative estimate of drug-likeness (QED) is 0.460. The molecule has 0 amide bonds. The Labute approximate surface area is 135 Å². The van der Waals surface area contributed by atoms with Gasteiger partial charge in [0.15, 0.2) is 5.75 Å². The van der Waals surface area contributed by atoms with Crippen molar-refractivity contribution in [2.45, 2.75) is 24.6 Å². The van der Waals surface area contributed by atoms with Crippen LogP contribution < -0.4 is 4.74 Å². The molecule has 24 heavy (non-hydrogen) atoms. The number of nitro groups is 1. The van der Waals surface area contributed by atoms with Gasteiger partial charge in [0, 0.05) is 0 Å². The standard InChI is InChI=1S/C15H15NO8/c17-6-10-13(19)14(20)15(24-10)23-9-5-7-3-1-2-4-8(7)11(12(9)18)16(21)22/h1-5,10,13-15,17-20H,6H2/t10-,13+,14?,15-/m1/s1. The van der Waals surface area contributed by atoms with Crippen molar-refractivity contribution >= 4 is 16.5 Å². The molecule has 0 aromatic heterocycles. The van der Waals surface area contributed by atoms with Gasteiger partial charge >= 0.3 is 5.69 Å². The SMILES string of the molecule is O=[N+]([O-])c1c(O)c(O[C@@H]2O[C@H](CO)[C@H](O)C2O)cc2ccccc12. The van der Waals surface area contributed by atoms with Gasteiger partial charge in [-0.2, -0.15) is 0 Å². The minimum atomic E-state index is -1.48. The molecule has 9 nitrogen and oxygen atoms in total. The molecule has 4 N–H and O–H groups in total. The summed E-state index contributed by atoms with van der Waals surface area (Å²) in [6.45, 7) is -0.540. The van der Waals surface area contributed by atoms with E-state index < -0.39 is 47.6 Å². The third kappa shape index (κ3) is 2.63. The van der Waals surface area contributed by atoms with Crippen molar-refractivity contribution in [1.29, 1.82) is 0 Å². The molecule has 0 radical (unpaired) electrons. The summed E-state index contributed by atoms with van der Waals surface area (Å²) in [7, 11) is 0. The average Bonchev–Trinajstić information content (AvgIpc) is 2.83. The van der Waals surface area contributed by atoms with E-state index in [0.717, 1.165) is 0 Å². The Kier molecular flexibility index (Phi) is 4.24. The third-order valence-corrected chi connectivity index (χ3v) is 3.88. The molecular formula is C15H15NO8. The van der Waals surface area contributed by atoms with Gasteiger partial charge in [0.2, 0.25) is 12.0 Å². The van der Waals surface area contributed by atoms with E-state index in [9.17, 15) is 25.4 Å². The summed E-state index contributed by atoms with van der Waals surface area (Å²) in [5.41, 5.74) is -0.533. The molecule has 1 aliphatic heterocycles. The third-order valence-electron chi connectivity index (χ3n) is 3.88. The minimum absolute atomic E-state index is 0.230. The molecule has 4 atom stereocenters. The molecule has 128 valence electrons. The van der Waals surface area contributed by atoms with Crippen LogP contribution in [0.5, 0.6) is 11.5 Å². The van der Waals surface area contributed by atoms with Crippen LogP contribution >= 0.6 is 0 Å². The minimum Gasteiger partial charge on any atom is -0.499 e. The van der Waals surface area contributed by atoms with Crippen molar-refractivity contribution < 1.29 is 34.8 Å². The summed E-state index contributed by atoms with van der Waals surface area (Å²) in [6.07, 6.45) is -5.30. The van der Waals surface area contributed by atoms with Gasteiger partial charge in [0.25, 0.3) is 0 Å². The Bertz CT molecular complexity index is 779. The first-order chi connectivity index (χ1) is 11.4. The predicted molar refractivity (Wildman–Crippen MR) is 80.7 cm³/mol. The predicted octanol–water partition coefficient (Wildman–Crippen LogP) is 0.271. The highest BCUT2D eigenvalue weighted by Crippen LogP contribution is 2.43. The van der Waals surface area contributed by atoms with Crippen molar-refractivity contribution in [3.8, 4) is 11.5 Å². The fraction of sp³-hybridized carbons (Fsp3) is 0.333. The van der Waals surface area contributed by atoms with Crippen LogP contribution in [-0.2, 0) is 4.74 Å². The molecule has 1 aliphatic rings. The van der Waals surface area contributed by atoms with Gasteiger partial charge in [0.05, 0.1) is 16.9 Å². The van der Waals surface area contributed by atoms with E-state index in [4.69, 9.17) is 14.6 Å². The lowest BCUT2D eigenvalue weighted by Gasteiger charge is -2.18. The number of benzene rings is 2. The number of nitrogens with zero attached hydrogens (tertiary/aromatic N) is 1. The second-order valence-electron chi connectivity index (χ2n) is 5.37. The van der Waals surface area contributed by atoms with Crippen LogP contribution in [0.15, 0.2) is 30.3 Å². The number of phenols is 1. The van der Waals surface area contributed by atoms with Crippen molar-refractivity contribution in [2.75, 3.05) is 6.61 Å². The Morgan fingerprint density at radius 2 is 1.96 bits per heavy atom. The molecule has 2 aromatic carbocycles. The fourth-order valence-corrected chi connectivity index (χ4v) is 2.65. The van der Waals surface area contributed by atoms with Crippen LogP contribution in [0.2, 0.25) is 0 Å². The number of phenolic OH excluding ortho intramolecular Hbond substituents is 1. The number of aromatic hydroxyl groups is 1. The van der Waals surface area contributed by atoms with E-state index in [1.54, 1.807) is 18.2 Å². The first kappa shape index (κ1) is 16.4. The summed E-state index contributed by atoms with van der Waals surface area (Å²) in [5, 5.41) is 50.8. The van der Waals surface area contributed by atoms with Gasteiger partial charge in [-0.15, -0.1) is 0 Å². The normalized spacial score (nSPS) is 26.6. The number of hydrogen-bond donors (Lipinski definition) is 4. The number of hydrogen-bond acceptors (Lipinski definition) is 8. The Hall–Kier alpha value is -2.46. The molecule has 0 bridgehead atoms. The molecule has 0 saturated carbocycles. The second-order valence-corrected chi connectivity index (χ2v) is 5.37. The zero-order valence-electron chi connectivity index (χ0n) is 12.3. The second kappa shape index (κ2) is 6.21. The van der Waals surface area contributed by atoms with Gasteiger partial charge < -0.3 is 29.9 Å². The number of ether oxygens (including phenoxy) is 2. The van der Waals surface area contributed by atoms with Gasteiger partial charge in [-0.3, -0.25) is 10.1 Å². The Morgan fingerprint density at radius 1 is 1.25 bits per heavy atom. The highest BCUT2D eigenvalue weighted by atomic mass is 16.7. The van der Waals surface area contributed by atoms with Crippen LogP contribution in [0.4, 0.5) is 5.69 Å². The van der Waals surface area contributed by atoms with E-state index in [-0.39, 0.29) is 11.1 Å². The number of rotatable bonds is 4. The van der Waals surface area contributed by atoms with E-state index in [1.165, 1.54) is 12.1 Å². The molecule has 0 aliphatic carbocycles. The largest absolute Gasteiger partial charge is 0.499 e. The fourth-order valence-electron chi connectivity index (χ4n) is 2.65. The van der Waals surface area contributed by atoms with Crippen LogP contribution in [0.25, 0.3) is 10.8 Å². The van der Waals surface area contributed by atoms with Crippen molar-refractivity contribution in [1.82, 2.24) is 0 Å². The number of fused-ring (bicyclic) bond motifs is 1. The summed E-state index contributed by atoms with van der Waals surface area (Å²) in [6, 6.07) is 7.72. The maximum Gasteiger partial charge on any atom is 0.322 e. The molecule has 1 unspecified atom stereocenters. The number of nitro benzene ring substituents is 1. The van der Waals surface area contributed by atoms with Gasteiger partial charge in [-0.25, -0.2) is 0 Å². The average molecular weight is 337 g/mol. The maximum absolute atomic E-state index is 11.3. The molecular weight excluding hydrogens is 322 g/mol. The van der Waals surface area contributed by atoms with Crippen molar-refractivity contribution in [2.24, 2.45) is 0 Å². The lowest BCUT2D eigenvalue weighted by molar-refractivity contribution is -0.384. The monoisotopic (exact) mass is 337 g/mol. The summed E-state index contributed by atoms with van der Waals surface area (Å²) in [4.78, 5) is 10.5. The topological polar surface area (TPSA) is 143 Å². The molecule has 3 rings (SSSR count). The first-order valence-electron chi connectivity index (χ1n) is 7.12. The first-order valence-corrected chi connectivity index (χ1v) is 7.12. The molecule has 0 spiro atoms. The summed E-state index contributed by atoms with van der Waals surface area (Å²) < 4.78 is 10.5. The van der Waals surface area contributed by atoms with Crippen LogP contribution in [0, 0.1) is 10.1 Å². The van der Waals surface area contributed by atoms with Crippen molar-refractivity contribution in [3.63, 3.8) is 0 Å². The summed E-state index contributed by atoms with van der Waals surface area (Å²) >= 11 is 0. The summed E-state index contributed by atoms with van der Waals surface area (Å²) in [5.74, 6) is -0.980. The van der Waals surface area contributed by atoms with Crippen LogP contribution in [-0.4, -0.2) is 56.6 Å². The van der Waals surface area contributed by atoms with E-state index in [0.29, 0.717) is 5.39 Å². The van der Waals surface area contributed by atoms with E-state index in [2.05, 4.69) is 0 Å². The van der Waals surface area contributed by atoms with Gasteiger partial charge in [0.1, 0.15) is 18.3 Å². The maximum atomic E-state index is 11.3. The molecule has 1 heterocycles. The Balaban J connectivity index is 2.01. The lowest BCUT2D eigenvalue weighted by atomic mass is 10.1. The molecule has 9 heteroatoms. The smallest absolute Gasteiger partial charge is 0.322 e. The van der Waals surface area contributed by atoms with Crippen LogP contribution in [0.3, 0.4) is 0 Å². The highest BCUT2D eigenvalue weighted by molar-refractivity contribution is 5.95. The van der Waals surface area contributed by atoms with Gasteiger partial charge in [-0.1, -0.05) is 18.2 Å². The number of aliphatic hydroxyl groups excluding tert-OH is 3. The van der Waals surface area contributed by atoms with E-state index in [1.807, 2.05) is 0 Å². The number of aliphatic hydroxyl groups is 3.